The molecule has 1 rings (SSSR count). The molecule has 0 bridgehead atoms. The van der Waals surface area contributed by atoms with Gasteiger partial charge >= 0.3 is 175 Å². The van der Waals surface area contributed by atoms with Crippen LogP contribution in [-0.2, 0) is 30.5 Å². The Balaban J connectivity index is -0.000000366. The Bertz CT molecular complexity index is 1200. The van der Waals surface area contributed by atoms with Crippen molar-refractivity contribution >= 4 is 54.1 Å². The molecule has 0 fully saturated rings. The largest absolute Gasteiger partial charge is 0.483 e. The van der Waals surface area contributed by atoms with Crippen LogP contribution in [0.4, 0.5) is 0 Å². The topological polar surface area (TPSA) is 235 Å². The van der Waals surface area contributed by atoms with Crippen LogP contribution >= 0.6 is 0 Å². The van der Waals surface area contributed by atoms with Gasteiger partial charge in [0.15, 0.2) is 0 Å². The zero-order chi connectivity index (χ0) is 46.1. The van der Waals surface area contributed by atoms with Crippen LogP contribution in [0.3, 0.4) is 0 Å². The van der Waals surface area contributed by atoms with E-state index in [1.54, 1.807) is 0 Å². The van der Waals surface area contributed by atoms with Crippen molar-refractivity contribution in [3.63, 3.8) is 0 Å². The van der Waals surface area contributed by atoms with Gasteiger partial charge < -0.3 is 20.1 Å². The third kappa shape index (κ3) is 39.5. The molecule has 0 spiro atoms. The van der Waals surface area contributed by atoms with Gasteiger partial charge in [-0.25, -0.2) is 0 Å². The third-order valence-corrected chi connectivity index (χ3v) is 12.5. The van der Waals surface area contributed by atoms with Crippen molar-refractivity contribution in [1.29, 1.82) is 5.41 Å². The van der Waals surface area contributed by atoms with E-state index in [1.807, 2.05) is 42.7 Å². The standard InChI is InChI=1S/C26H45GeN5O5.C9H20.C3H6O.C3H8.CH2O2.CH4O/c1-6-10-31(18-24(34)35)12-13-32(11-7-2)22(26(36)37)8-9-23(33)30-17-19-14-20(25(28)29)16-21(15-19)27(3,4)5;1-4-6-7-8-9(3)5-2;1-2-3-4;1-3-2;2-1-3;1-2/h14-16,22H,6-13,17-18H2,1-5H3,(H3,28,29)(H,30,33)(H,34,35)(H,36,37);9H,4-8H2,1-3H3;3H,2H2,1H3;3H2,1-2H3;1H,(H,2,3);2H,1H3. The first-order valence-electron chi connectivity index (χ1n) is 21.0. The minimum Gasteiger partial charge on any atom is -0.483 e. The molecule has 1 amide bonds. The summed E-state index contributed by atoms with van der Waals surface area (Å²) in [6.45, 7) is 18.9. The minimum absolute atomic E-state index is 0.0118. The maximum Gasteiger partial charge on any atom is 0.317 e. The number of unbranched alkanes of at least 4 members (excludes halogenated alkanes) is 2. The van der Waals surface area contributed by atoms with Gasteiger partial charge in [-0.15, -0.1) is 0 Å². The molecule has 340 valence electrons. The van der Waals surface area contributed by atoms with E-state index in [2.05, 4.69) is 63.3 Å². The van der Waals surface area contributed by atoms with Crippen molar-refractivity contribution in [2.24, 2.45) is 11.7 Å². The molecule has 8 N–H and O–H groups in total. The van der Waals surface area contributed by atoms with Crippen LogP contribution < -0.4 is 15.4 Å². The molecule has 0 saturated heterocycles. The summed E-state index contributed by atoms with van der Waals surface area (Å²) in [5.41, 5.74) is 7.23. The maximum atomic E-state index is 12.6. The number of hydrogen-bond acceptors (Lipinski definition) is 9. The van der Waals surface area contributed by atoms with Crippen LogP contribution in [0.5, 0.6) is 0 Å². The van der Waals surface area contributed by atoms with Crippen LogP contribution in [0.2, 0.25) is 17.3 Å². The molecule has 0 radical (unpaired) electrons. The second kappa shape index (κ2) is 43.2. The Morgan fingerprint density at radius 1 is 0.862 bits per heavy atom. The van der Waals surface area contributed by atoms with E-state index in [0.29, 0.717) is 38.2 Å². The summed E-state index contributed by atoms with van der Waals surface area (Å²) in [6, 6.07) is 5.00. The predicted octanol–water partition coefficient (Wildman–Crippen LogP) is 6.81. The number of carboxylic acids is 2. The second-order valence-corrected chi connectivity index (χ2v) is 25.5. The average Bonchev–Trinajstić information content (AvgIpc) is 3.17. The molecule has 0 heterocycles. The molecule has 58 heavy (non-hydrogen) atoms. The summed E-state index contributed by atoms with van der Waals surface area (Å²) < 4.78 is 1.19. The van der Waals surface area contributed by atoms with Crippen molar-refractivity contribution < 1.29 is 44.4 Å². The summed E-state index contributed by atoms with van der Waals surface area (Å²) in [6.07, 6.45) is 11.5. The SMILES string of the molecule is CCC.CCC=O.CCCCCC(C)CC.CCCN(CCN(CCC)C(CCC(=O)NCc1cc(C(=N)N)c[c]([Ge]([CH3])([CH3])[CH3])c1)C(=O)O)CC(=O)O.CO.O=CO. The molecule has 14 nitrogen and oxygen atoms in total. The van der Waals surface area contributed by atoms with Crippen molar-refractivity contribution in [2.45, 2.75) is 156 Å². The number of carbonyl (C=O) groups excluding carboxylic acids is 2. The number of aliphatic hydroxyl groups excluding tert-OH is 1. The summed E-state index contributed by atoms with van der Waals surface area (Å²) >= 11 is -2.19. The Labute approximate surface area is 354 Å². The zero-order valence-electron chi connectivity index (χ0n) is 38.4. The summed E-state index contributed by atoms with van der Waals surface area (Å²) in [4.78, 5) is 57.0. The van der Waals surface area contributed by atoms with Crippen LogP contribution in [-0.4, -0.2) is 126 Å². The molecule has 0 aliphatic rings. The first-order valence-corrected chi connectivity index (χ1v) is 28.3. The predicted molar refractivity (Wildman–Crippen MR) is 242 cm³/mol. The van der Waals surface area contributed by atoms with E-state index in [9.17, 15) is 24.3 Å². The number of amides is 1. The number of carbonyl (C=O) groups is 5. The molecule has 1 aromatic carbocycles. The van der Waals surface area contributed by atoms with Crippen LogP contribution in [0.1, 0.15) is 137 Å². The number of nitrogens with two attached hydrogens (primary N) is 1. The third-order valence-electron chi connectivity index (χ3n) is 8.31. The number of nitrogens with zero attached hydrogens (tertiary/aromatic N) is 2. The Morgan fingerprint density at radius 3 is 1.79 bits per heavy atom. The van der Waals surface area contributed by atoms with Crippen molar-refractivity contribution in [2.75, 3.05) is 39.8 Å². The first kappa shape index (κ1) is 63.8. The number of aliphatic hydroxyl groups is 1. The van der Waals surface area contributed by atoms with Gasteiger partial charge in [0.1, 0.15) is 6.29 Å². The molecular formula is C43H85GeN5O9. The van der Waals surface area contributed by atoms with Gasteiger partial charge in [0.05, 0.1) is 6.54 Å². The number of aliphatic carboxylic acids is 2. The number of hydrogen-bond donors (Lipinski definition) is 7. The minimum atomic E-state index is -2.19. The summed E-state index contributed by atoms with van der Waals surface area (Å²) in [7, 11) is 1.00. The number of benzene rings is 1. The van der Waals surface area contributed by atoms with E-state index in [0.717, 1.165) is 37.7 Å². The fraction of sp³-hybridized carbons (Fsp3) is 0.721. The zero-order valence-corrected chi connectivity index (χ0v) is 40.5. The van der Waals surface area contributed by atoms with Gasteiger partial charge in [-0.05, 0) is 18.9 Å². The number of aldehydes is 1. The van der Waals surface area contributed by atoms with Crippen molar-refractivity contribution in [1.82, 2.24) is 15.1 Å². The quantitative estimate of drug-likeness (QED) is 0.0187. The average molecular weight is 889 g/mol. The number of rotatable bonds is 24. The Hall–Kier alpha value is -3.34. The van der Waals surface area contributed by atoms with Gasteiger partial charge in [0.25, 0.3) is 6.47 Å². The van der Waals surface area contributed by atoms with Crippen LogP contribution in [0.15, 0.2) is 18.2 Å². The molecule has 2 unspecified atom stereocenters. The first-order chi connectivity index (χ1) is 27.3. The summed E-state index contributed by atoms with van der Waals surface area (Å²) in [5.74, 6) is 5.55. The van der Waals surface area contributed by atoms with Crippen molar-refractivity contribution in [3.8, 4) is 0 Å². The second-order valence-electron chi connectivity index (χ2n) is 14.9. The van der Waals surface area contributed by atoms with Gasteiger partial charge in [0, 0.05) is 13.5 Å². The number of amidine groups is 1. The molecule has 0 aliphatic carbocycles. The van der Waals surface area contributed by atoms with Gasteiger partial charge in [-0.3, -0.25) is 14.5 Å². The van der Waals surface area contributed by atoms with Crippen LogP contribution in [0.25, 0.3) is 0 Å². The van der Waals surface area contributed by atoms with Gasteiger partial charge in [0.2, 0.25) is 0 Å². The number of carboxylic acid groups (broad SMARTS) is 3. The van der Waals surface area contributed by atoms with Crippen molar-refractivity contribution in [3.05, 3.63) is 29.3 Å². The smallest absolute Gasteiger partial charge is 0.317 e. The Kier molecular flexibility index (Phi) is 47.6. The number of nitrogens with one attached hydrogen (secondary N) is 2. The monoisotopic (exact) mass is 890 g/mol. The number of nitrogen functional groups attached to an aromatic ring is 1. The van der Waals surface area contributed by atoms with Gasteiger partial charge in [-0.2, -0.15) is 0 Å². The molecule has 1 aromatic rings. The molecule has 0 aliphatic heterocycles. The molecule has 15 heteroatoms. The van der Waals surface area contributed by atoms with Gasteiger partial charge in [-0.1, -0.05) is 93.9 Å². The summed E-state index contributed by atoms with van der Waals surface area (Å²) in [5, 5.41) is 43.6. The van der Waals surface area contributed by atoms with Crippen LogP contribution in [0, 0.1) is 11.3 Å². The molecule has 0 saturated carbocycles. The molecule has 2 atom stereocenters. The van der Waals surface area contributed by atoms with E-state index < -0.39 is 31.2 Å². The fourth-order valence-electron chi connectivity index (χ4n) is 5.11. The normalized spacial score (nSPS) is 11.2. The maximum absolute atomic E-state index is 12.6. The fourth-order valence-corrected chi connectivity index (χ4v) is 7.64. The molecule has 0 aromatic heterocycles. The van der Waals surface area contributed by atoms with E-state index >= 15 is 0 Å². The Morgan fingerprint density at radius 2 is 1.40 bits per heavy atom. The van der Waals surface area contributed by atoms with E-state index in [4.69, 9.17) is 31.3 Å². The van der Waals surface area contributed by atoms with E-state index in [1.165, 1.54) is 42.9 Å². The van der Waals surface area contributed by atoms with E-state index in [-0.39, 0.29) is 44.1 Å². The molecular weight excluding hydrogens is 803 g/mol.